The minimum Gasteiger partial charge on any atom is -0.478 e. The Balaban J connectivity index is 2.56. The van der Waals surface area contributed by atoms with Gasteiger partial charge in [0.05, 0.1) is 11.1 Å². The number of carboxylic acids is 1. The fourth-order valence-corrected chi connectivity index (χ4v) is 1.90. The third-order valence-electron chi connectivity index (χ3n) is 2.94. The first-order chi connectivity index (χ1) is 9.82. The monoisotopic (exact) mass is 290 g/mol. The molecule has 2 aromatic rings. The van der Waals surface area contributed by atoms with Gasteiger partial charge in [-0.2, -0.15) is 13.2 Å². The number of carboxylic acid groups (broad SMARTS) is 1. The molecule has 0 aliphatic carbocycles. The summed E-state index contributed by atoms with van der Waals surface area (Å²) in [5, 5.41) is 8.84. The van der Waals surface area contributed by atoms with Gasteiger partial charge in [0.2, 0.25) is 0 Å². The molecule has 2 nitrogen and oxygen atoms in total. The Morgan fingerprint density at radius 3 is 2.10 bits per heavy atom. The number of terminal acetylenes is 1. The average Bonchev–Trinajstić information content (AvgIpc) is 2.45. The molecule has 0 heterocycles. The van der Waals surface area contributed by atoms with Crippen LogP contribution >= 0.6 is 0 Å². The molecule has 0 aliphatic rings. The van der Waals surface area contributed by atoms with Crippen molar-refractivity contribution in [2.24, 2.45) is 0 Å². The normalized spacial score (nSPS) is 11.0. The van der Waals surface area contributed by atoms with E-state index in [0.717, 1.165) is 12.1 Å². The third kappa shape index (κ3) is 3.06. The molecular formula is C16H9F3O2. The van der Waals surface area contributed by atoms with Crippen LogP contribution in [0.15, 0.2) is 42.5 Å². The Bertz CT molecular complexity index is 723. The molecule has 0 spiro atoms. The number of rotatable bonds is 2. The highest BCUT2D eigenvalue weighted by atomic mass is 19.4. The van der Waals surface area contributed by atoms with Crippen LogP contribution in [-0.4, -0.2) is 11.1 Å². The van der Waals surface area contributed by atoms with Gasteiger partial charge in [-0.1, -0.05) is 24.1 Å². The molecule has 0 saturated carbocycles. The van der Waals surface area contributed by atoms with Crippen LogP contribution in [0.3, 0.4) is 0 Å². The Kier molecular flexibility index (Phi) is 3.72. The predicted molar refractivity (Wildman–Crippen MR) is 71.8 cm³/mol. The Morgan fingerprint density at radius 1 is 1.05 bits per heavy atom. The Labute approximate surface area is 118 Å². The van der Waals surface area contributed by atoms with E-state index in [1.54, 1.807) is 24.3 Å². The van der Waals surface area contributed by atoms with Crippen molar-refractivity contribution in [2.75, 3.05) is 0 Å². The molecule has 0 aliphatic heterocycles. The van der Waals surface area contributed by atoms with Gasteiger partial charge in [0.1, 0.15) is 0 Å². The van der Waals surface area contributed by atoms with Crippen LogP contribution in [0.5, 0.6) is 0 Å². The van der Waals surface area contributed by atoms with E-state index in [1.165, 1.54) is 6.07 Å². The maximum absolute atomic E-state index is 12.9. The van der Waals surface area contributed by atoms with E-state index >= 15 is 0 Å². The van der Waals surface area contributed by atoms with Gasteiger partial charge in [0, 0.05) is 5.56 Å². The molecule has 0 unspecified atom stereocenters. The predicted octanol–water partition coefficient (Wildman–Crippen LogP) is 4.05. The first kappa shape index (κ1) is 14.7. The fourth-order valence-electron chi connectivity index (χ4n) is 1.90. The Hall–Kier alpha value is -2.74. The maximum atomic E-state index is 12.9. The van der Waals surface area contributed by atoms with Crippen molar-refractivity contribution in [1.29, 1.82) is 0 Å². The van der Waals surface area contributed by atoms with Crippen molar-refractivity contribution in [3.63, 3.8) is 0 Å². The zero-order chi connectivity index (χ0) is 15.6. The highest BCUT2D eigenvalue weighted by Gasteiger charge is 2.35. The standard InChI is InChI=1S/C16H9F3O2/c1-2-10-3-5-11(6-4-10)12-7-8-13(15(20)21)14(9-12)16(17,18)19/h1,3-9H,(H,20,21). The molecule has 0 bridgehead atoms. The smallest absolute Gasteiger partial charge is 0.417 e. The van der Waals surface area contributed by atoms with E-state index in [1.807, 2.05) is 0 Å². The average molecular weight is 290 g/mol. The van der Waals surface area contributed by atoms with E-state index < -0.39 is 23.3 Å². The van der Waals surface area contributed by atoms with Crippen LogP contribution in [0.1, 0.15) is 21.5 Å². The lowest BCUT2D eigenvalue weighted by Gasteiger charge is -2.12. The van der Waals surface area contributed by atoms with Gasteiger partial charge in [0.15, 0.2) is 0 Å². The summed E-state index contributed by atoms with van der Waals surface area (Å²) >= 11 is 0. The van der Waals surface area contributed by atoms with Crippen LogP contribution in [0.4, 0.5) is 13.2 Å². The second-order valence-corrected chi connectivity index (χ2v) is 4.28. The number of benzene rings is 2. The summed E-state index contributed by atoms with van der Waals surface area (Å²) in [6.45, 7) is 0. The number of halogens is 3. The second-order valence-electron chi connectivity index (χ2n) is 4.28. The zero-order valence-electron chi connectivity index (χ0n) is 10.6. The second kappa shape index (κ2) is 5.33. The van der Waals surface area contributed by atoms with E-state index in [4.69, 9.17) is 11.5 Å². The highest BCUT2D eigenvalue weighted by Crippen LogP contribution is 2.35. The molecule has 5 heteroatoms. The molecule has 0 fully saturated rings. The minimum atomic E-state index is -4.73. The lowest BCUT2D eigenvalue weighted by Crippen LogP contribution is -2.12. The van der Waals surface area contributed by atoms with Crippen molar-refractivity contribution >= 4 is 5.97 Å². The summed E-state index contributed by atoms with van der Waals surface area (Å²) in [5.41, 5.74) is -0.538. The molecule has 1 N–H and O–H groups in total. The van der Waals surface area contributed by atoms with Crippen molar-refractivity contribution in [3.05, 3.63) is 59.2 Å². The summed E-state index contributed by atoms with van der Waals surface area (Å²) < 4.78 is 38.8. The molecule has 0 saturated heterocycles. The molecule has 0 atom stereocenters. The third-order valence-corrected chi connectivity index (χ3v) is 2.94. The maximum Gasteiger partial charge on any atom is 0.417 e. The van der Waals surface area contributed by atoms with Gasteiger partial charge in [-0.3, -0.25) is 0 Å². The minimum absolute atomic E-state index is 0.274. The van der Waals surface area contributed by atoms with E-state index in [-0.39, 0.29) is 5.56 Å². The van der Waals surface area contributed by atoms with Crippen molar-refractivity contribution in [2.45, 2.75) is 6.18 Å². The molecule has 0 radical (unpaired) electrons. The summed E-state index contributed by atoms with van der Waals surface area (Å²) in [4.78, 5) is 10.9. The van der Waals surface area contributed by atoms with Crippen molar-refractivity contribution in [1.82, 2.24) is 0 Å². The summed E-state index contributed by atoms with van der Waals surface area (Å²) in [6, 6.07) is 9.51. The van der Waals surface area contributed by atoms with Gasteiger partial charge < -0.3 is 5.11 Å². The number of hydrogen-bond acceptors (Lipinski definition) is 1. The van der Waals surface area contributed by atoms with Crippen LogP contribution in [0, 0.1) is 12.3 Å². The summed E-state index contributed by atoms with van der Waals surface area (Å²) in [6.07, 6.45) is 0.475. The molecule has 21 heavy (non-hydrogen) atoms. The number of alkyl halides is 3. The van der Waals surface area contributed by atoms with Crippen molar-refractivity contribution < 1.29 is 23.1 Å². The van der Waals surface area contributed by atoms with E-state index in [0.29, 0.717) is 11.1 Å². The van der Waals surface area contributed by atoms with Gasteiger partial charge in [-0.15, -0.1) is 6.42 Å². The van der Waals surface area contributed by atoms with Gasteiger partial charge >= 0.3 is 12.1 Å². The van der Waals surface area contributed by atoms with Crippen LogP contribution in [0.2, 0.25) is 0 Å². The fraction of sp³-hybridized carbons (Fsp3) is 0.0625. The molecule has 2 rings (SSSR count). The Morgan fingerprint density at radius 2 is 1.62 bits per heavy atom. The zero-order valence-corrected chi connectivity index (χ0v) is 10.6. The number of aromatic carboxylic acids is 1. The van der Waals surface area contributed by atoms with Gasteiger partial charge in [-0.05, 0) is 35.4 Å². The van der Waals surface area contributed by atoms with Gasteiger partial charge in [-0.25, -0.2) is 4.79 Å². The topological polar surface area (TPSA) is 37.3 Å². The molecule has 106 valence electrons. The summed E-state index contributed by atoms with van der Waals surface area (Å²) in [5.74, 6) is 0.793. The lowest BCUT2D eigenvalue weighted by molar-refractivity contribution is -0.138. The molecule has 0 amide bonds. The molecule has 0 aromatic heterocycles. The summed E-state index contributed by atoms with van der Waals surface area (Å²) in [7, 11) is 0. The highest BCUT2D eigenvalue weighted by molar-refractivity contribution is 5.90. The largest absolute Gasteiger partial charge is 0.478 e. The van der Waals surface area contributed by atoms with Crippen LogP contribution in [-0.2, 0) is 6.18 Å². The molecular weight excluding hydrogens is 281 g/mol. The van der Waals surface area contributed by atoms with E-state index in [2.05, 4.69) is 5.92 Å². The van der Waals surface area contributed by atoms with E-state index in [9.17, 15) is 18.0 Å². The van der Waals surface area contributed by atoms with Crippen molar-refractivity contribution in [3.8, 4) is 23.5 Å². The SMILES string of the molecule is C#Cc1ccc(-c2ccc(C(=O)O)c(C(F)(F)F)c2)cc1. The van der Waals surface area contributed by atoms with Crippen LogP contribution in [0.25, 0.3) is 11.1 Å². The first-order valence-corrected chi connectivity index (χ1v) is 5.84. The lowest BCUT2D eigenvalue weighted by atomic mass is 9.98. The van der Waals surface area contributed by atoms with Gasteiger partial charge in [0.25, 0.3) is 0 Å². The quantitative estimate of drug-likeness (QED) is 0.847. The number of hydrogen-bond donors (Lipinski definition) is 1. The molecule has 2 aromatic carbocycles. The van der Waals surface area contributed by atoms with Crippen LogP contribution < -0.4 is 0 Å². The first-order valence-electron chi connectivity index (χ1n) is 5.84. The number of carbonyl (C=O) groups is 1.